The first-order chi connectivity index (χ1) is 14.1. The van der Waals surface area contributed by atoms with E-state index in [1.165, 1.54) is 12.8 Å². The Balaban J connectivity index is 0.00000450. The van der Waals surface area contributed by atoms with Crippen LogP contribution in [0, 0.1) is 5.92 Å². The molecule has 2 aliphatic heterocycles. The third kappa shape index (κ3) is 8.15. The lowest BCUT2D eigenvalue weighted by Gasteiger charge is -2.39. The highest BCUT2D eigenvalue weighted by atomic mass is 127. The van der Waals surface area contributed by atoms with Crippen LogP contribution in [0.25, 0.3) is 0 Å². The van der Waals surface area contributed by atoms with E-state index in [0.29, 0.717) is 30.3 Å². The van der Waals surface area contributed by atoms with E-state index in [4.69, 9.17) is 4.74 Å². The molecule has 8 heteroatoms. The summed E-state index contributed by atoms with van der Waals surface area (Å²) in [7, 11) is 1.83. The molecule has 2 saturated heterocycles. The highest BCUT2D eigenvalue weighted by Crippen LogP contribution is 2.20. The number of nitrogens with zero attached hydrogens (tertiary/aromatic N) is 3. The van der Waals surface area contributed by atoms with E-state index in [0.717, 1.165) is 71.2 Å². The lowest BCUT2D eigenvalue weighted by molar-refractivity contribution is -0.129. The molecule has 2 N–H and O–H groups in total. The van der Waals surface area contributed by atoms with Crippen molar-refractivity contribution in [2.75, 3.05) is 53.0 Å². The standard InChI is InChI=1S/C22H43N5O2.HI/c1-5-18(6-2)20(26-13-15-29-16-14-26)17-25-22(23-4)24-11-10-19(7-3)27-12-8-9-21(27)28;/h18-20H,5-17H2,1-4H3,(H2,23,24,25);1H. The van der Waals surface area contributed by atoms with E-state index in [-0.39, 0.29) is 24.0 Å². The number of morpholine rings is 1. The fourth-order valence-electron chi connectivity index (χ4n) is 4.75. The third-order valence-electron chi connectivity index (χ3n) is 6.60. The molecule has 2 rings (SSSR count). The number of halogens is 1. The van der Waals surface area contributed by atoms with Crippen LogP contribution < -0.4 is 10.6 Å². The smallest absolute Gasteiger partial charge is 0.222 e. The molecule has 0 radical (unpaired) electrons. The van der Waals surface area contributed by atoms with Gasteiger partial charge in [0.1, 0.15) is 0 Å². The number of nitrogens with one attached hydrogen (secondary N) is 2. The summed E-state index contributed by atoms with van der Waals surface area (Å²) in [5.74, 6) is 1.85. The topological polar surface area (TPSA) is 69.2 Å². The Morgan fingerprint density at radius 1 is 1.10 bits per heavy atom. The number of aliphatic imine (C=N–C) groups is 1. The average Bonchev–Trinajstić information content (AvgIpc) is 3.18. The molecule has 0 spiro atoms. The molecular weight excluding hydrogens is 493 g/mol. The first-order valence-electron chi connectivity index (χ1n) is 11.7. The monoisotopic (exact) mass is 537 g/mol. The molecule has 176 valence electrons. The minimum atomic E-state index is 0. The fraction of sp³-hybridized carbons (Fsp3) is 0.909. The minimum absolute atomic E-state index is 0. The van der Waals surface area contributed by atoms with Crippen LogP contribution in [-0.2, 0) is 9.53 Å². The Hall–Kier alpha value is -0.610. The number of rotatable bonds is 11. The molecule has 0 bridgehead atoms. The Labute approximate surface area is 200 Å². The number of carbonyl (C=O) groups excluding carboxylic acids is 1. The van der Waals surface area contributed by atoms with Gasteiger partial charge in [0.05, 0.1) is 13.2 Å². The number of guanidine groups is 1. The summed E-state index contributed by atoms with van der Waals surface area (Å²) >= 11 is 0. The summed E-state index contributed by atoms with van der Waals surface area (Å²) in [6.07, 6.45) is 6.06. The van der Waals surface area contributed by atoms with Gasteiger partial charge in [-0.25, -0.2) is 0 Å². The van der Waals surface area contributed by atoms with E-state index in [1.54, 1.807) is 0 Å². The van der Waals surface area contributed by atoms with Gasteiger partial charge >= 0.3 is 0 Å². The molecule has 1 amide bonds. The number of ether oxygens (including phenoxy) is 1. The van der Waals surface area contributed by atoms with Crippen LogP contribution in [0.2, 0.25) is 0 Å². The normalized spacial score (nSPS) is 20.2. The van der Waals surface area contributed by atoms with Crippen molar-refractivity contribution in [1.82, 2.24) is 20.4 Å². The van der Waals surface area contributed by atoms with Crippen LogP contribution in [0.5, 0.6) is 0 Å². The van der Waals surface area contributed by atoms with Crippen LogP contribution in [0.1, 0.15) is 59.3 Å². The largest absolute Gasteiger partial charge is 0.379 e. The number of hydrogen-bond donors (Lipinski definition) is 2. The third-order valence-corrected chi connectivity index (χ3v) is 6.60. The number of likely N-dealkylation sites (tertiary alicyclic amines) is 1. The molecule has 2 heterocycles. The molecule has 0 aromatic carbocycles. The van der Waals surface area contributed by atoms with Gasteiger partial charge in [-0.05, 0) is 25.2 Å². The van der Waals surface area contributed by atoms with E-state index in [9.17, 15) is 4.79 Å². The molecule has 0 aromatic heterocycles. The number of carbonyl (C=O) groups is 1. The second kappa shape index (κ2) is 15.2. The van der Waals surface area contributed by atoms with Gasteiger partial charge in [0.2, 0.25) is 5.91 Å². The van der Waals surface area contributed by atoms with Crippen molar-refractivity contribution in [2.45, 2.75) is 71.4 Å². The summed E-state index contributed by atoms with van der Waals surface area (Å²) in [5, 5.41) is 7.03. The van der Waals surface area contributed by atoms with Crippen LogP contribution in [0.4, 0.5) is 0 Å². The molecule has 0 saturated carbocycles. The maximum Gasteiger partial charge on any atom is 0.222 e. The van der Waals surface area contributed by atoms with Gasteiger partial charge in [-0.1, -0.05) is 33.6 Å². The summed E-state index contributed by atoms with van der Waals surface area (Å²) in [6, 6.07) is 0.833. The lowest BCUT2D eigenvalue weighted by Crippen LogP contribution is -2.53. The molecule has 2 atom stereocenters. The average molecular weight is 538 g/mol. The van der Waals surface area contributed by atoms with E-state index < -0.39 is 0 Å². The molecule has 30 heavy (non-hydrogen) atoms. The molecule has 7 nitrogen and oxygen atoms in total. The van der Waals surface area contributed by atoms with Crippen molar-refractivity contribution >= 4 is 35.8 Å². The maximum atomic E-state index is 12.0. The predicted molar refractivity (Wildman–Crippen MR) is 135 cm³/mol. The second-order valence-corrected chi connectivity index (χ2v) is 8.21. The van der Waals surface area contributed by atoms with Gasteiger partial charge in [0, 0.05) is 58.3 Å². The molecule has 2 unspecified atom stereocenters. The Morgan fingerprint density at radius 2 is 1.80 bits per heavy atom. The second-order valence-electron chi connectivity index (χ2n) is 8.21. The van der Waals surface area contributed by atoms with Gasteiger partial charge in [0.25, 0.3) is 0 Å². The zero-order chi connectivity index (χ0) is 21.1. The summed E-state index contributed by atoms with van der Waals surface area (Å²) in [4.78, 5) is 21.1. The van der Waals surface area contributed by atoms with Gasteiger partial charge in [-0.15, -0.1) is 24.0 Å². The van der Waals surface area contributed by atoms with Crippen molar-refractivity contribution in [3.05, 3.63) is 0 Å². The predicted octanol–water partition coefficient (Wildman–Crippen LogP) is 2.70. The number of amides is 1. The van der Waals surface area contributed by atoms with Gasteiger partial charge < -0.3 is 20.3 Å². The van der Waals surface area contributed by atoms with Gasteiger partial charge in [-0.3, -0.25) is 14.7 Å². The first-order valence-corrected chi connectivity index (χ1v) is 11.7. The van der Waals surface area contributed by atoms with Crippen molar-refractivity contribution in [3.8, 4) is 0 Å². The van der Waals surface area contributed by atoms with Crippen molar-refractivity contribution in [3.63, 3.8) is 0 Å². The quantitative estimate of drug-likeness (QED) is 0.241. The lowest BCUT2D eigenvalue weighted by atomic mass is 9.92. The van der Waals surface area contributed by atoms with Gasteiger partial charge in [0.15, 0.2) is 5.96 Å². The Kier molecular flexibility index (Phi) is 13.9. The Bertz CT molecular complexity index is 510. The van der Waals surface area contributed by atoms with Crippen LogP contribution in [0.15, 0.2) is 4.99 Å². The molecule has 2 fully saturated rings. The number of hydrogen-bond acceptors (Lipinski definition) is 4. The van der Waals surface area contributed by atoms with Crippen molar-refractivity contribution in [1.29, 1.82) is 0 Å². The van der Waals surface area contributed by atoms with Gasteiger partial charge in [-0.2, -0.15) is 0 Å². The first kappa shape index (κ1) is 27.4. The summed E-state index contributed by atoms with van der Waals surface area (Å²) < 4.78 is 5.55. The highest BCUT2D eigenvalue weighted by Gasteiger charge is 2.28. The maximum absolute atomic E-state index is 12.0. The van der Waals surface area contributed by atoms with Crippen molar-refractivity contribution < 1.29 is 9.53 Å². The summed E-state index contributed by atoms with van der Waals surface area (Å²) in [5.41, 5.74) is 0. The molecule has 0 aliphatic carbocycles. The van der Waals surface area contributed by atoms with Crippen LogP contribution in [-0.4, -0.2) is 86.7 Å². The fourth-order valence-corrected chi connectivity index (χ4v) is 4.75. The van der Waals surface area contributed by atoms with E-state index in [2.05, 4.69) is 46.2 Å². The van der Waals surface area contributed by atoms with Crippen molar-refractivity contribution in [2.24, 2.45) is 10.9 Å². The zero-order valence-electron chi connectivity index (χ0n) is 19.5. The van der Waals surface area contributed by atoms with Crippen LogP contribution in [0.3, 0.4) is 0 Å². The SMILES string of the molecule is CCC(CC)C(CNC(=NC)NCCC(CC)N1CCCC1=O)N1CCOCC1.I. The Morgan fingerprint density at radius 3 is 2.33 bits per heavy atom. The zero-order valence-corrected chi connectivity index (χ0v) is 21.8. The van der Waals surface area contributed by atoms with E-state index >= 15 is 0 Å². The van der Waals surface area contributed by atoms with E-state index in [1.807, 2.05) is 7.05 Å². The molecule has 0 aromatic rings. The minimum Gasteiger partial charge on any atom is -0.379 e. The molecular formula is C22H44IN5O2. The molecule has 2 aliphatic rings. The van der Waals surface area contributed by atoms with Crippen LogP contribution >= 0.6 is 24.0 Å². The summed E-state index contributed by atoms with van der Waals surface area (Å²) in [6.45, 7) is 13.1. The highest BCUT2D eigenvalue weighted by molar-refractivity contribution is 14.0.